The third-order valence-electron chi connectivity index (χ3n) is 6.51. The Labute approximate surface area is 182 Å². The zero-order valence-electron chi connectivity index (χ0n) is 18.2. The molecule has 0 bridgehead atoms. The number of thiophene rings is 1. The summed E-state index contributed by atoms with van der Waals surface area (Å²) in [5.74, 6) is -0.459. The monoisotopic (exact) mass is 408 g/mol. The van der Waals surface area contributed by atoms with Crippen LogP contribution in [0.3, 0.4) is 0 Å². The fourth-order valence-electron chi connectivity index (χ4n) is 4.93. The van der Waals surface area contributed by atoms with Crippen LogP contribution in [-0.4, -0.2) is 4.98 Å². The Morgan fingerprint density at radius 3 is 2.70 bits per heavy atom. The van der Waals surface area contributed by atoms with Crippen molar-refractivity contribution in [1.82, 2.24) is 4.98 Å². The third kappa shape index (κ3) is 3.02. The van der Waals surface area contributed by atoms with Crippen LogP contribution in [0.15, 0.2) is 66.9 Å². The smallest absolute Gasteiger partial charge is 0.0719 e. The van der Waals surface area contributed by atoms with E-state index in [2.05, 4.69) is 67.6 Å². The van der Waals surface area contributed by atoms with E-state index in [1.54, 1.807) is 0 Å². The molecule has 0 aliphatic heterocycles. The lowest BCUT2D eigenvalue weighted by Crippen LogP contribution is -2.04. The molecular weight excluding hydrogens is 382 g/mol. The minimum atomic E-state index is -0.459. The van der Waals surface area contributed by atoms with Crippen LogP contribution in [0.2, 0.25) is 0 Å². The van der Waals surface area contributed by atoms with E-state index < -0.39 is 5.89 Å². The lowest BCUT2D eigenvalue weighted by Gasteiger charge is -2.22. The quantitative estimate of drug-likeness (QED) is 0.285. The summed E-state index contributed by atoms with van der Waals surface area (Å²) < 4.78 is 11.7. The van der Waals surface area contributed by atoms with Crippen molar-refractivity contribution in [3.05, 3.63) is 78.0 Å². The van der Waals surface area contributed by atoms with E-state index in [4.69, 9.17) is 6.35 Å². The van der Waals surface area contributed by atoms with Gasteiger partial charge in [-0.1, -0.05) is 61.2 Å². The number of hydrogen-bond donors (Lipinski definition) is 0. The Balaban J connectivity index is 1.54. The Morgan fingerprint density at radius 2 is 1.80 bits per heavy atom. The lowest BCUT2D eigenvalue weighted by molar-refractivity contribution is 0.443. The van der Waals surface area contributed by atoms with Crippen LogP contribution in [0.1, 0.15) is 50.5 Å². The maximum atomic E-state index is 9.05. The highest BCUT2D eigenvalue weighted by Crippen LogP contribution is 2.42. The molecule has 0 spiro atoms. The van der Waals surface area contributed by atoms with Crippen molar-refractivity contribution in [3.8, 4) is 11.3 Å². The van der Waals surface area contributed by atoms with Gasteiger partial charge in [-0.15, -0.1) is 11.3 Å². The van der Waals surface area contributed by atoms with E-state index in [0.717, 1.165) is 36.9 Å². The SMILES string of the molecule is [2H]C1(c2ccnc(-c3cccc4c3sc3cc5ccc(C)cc5cc34)c2)CCCCC1. The molecule has 3 aromatic carbocycles. The second kappa shape index (κ2) is 7.21. The fourth-order valence-corrected chi connectivity index (χ4v) is 6.18. The first kappa shape index (κ1) is 17.0. The summed E-state index contributed by atoms with van der Waals surface area (Å²) in [4.78, 5) is 4.75. The van der Waals surface area contributed by atoms with E-state index in [-0.39, 0.29) is 0 Å². The zero-order valence-corrected chi connectivity index (χ0v) is 18.1. The highest BCUT2D eigenvalue weighted by molar-refractivity contribution is 7.26. The molecule has 0 amide bonds. The summed E-state index contributed by atoms with van der Waals surface area (Å²) in [5, 5.41) is 5.21. The second-order valence-corrected chi connectivity index (χ2v) is 9.63. The molecule has 6 rings (SSSR count). The van der Waals surface area contributed by atoms with Crippen molar-refractivity contribution in [1.29, 1.82) is 0 Å². The molecule has 0 unspecified atom stereocenters. The number of nitrogens with zero attached hydrogens (tertiary/aromatic N) is 1. The Hall–Kier alpha value is -2.71. The standard InChI is InChI=1S/C28H25NS/c1-18-10-11-20-17-27-25(15-22(20)14-18)23-8-5-9-24(28(23)30-27)26-16-21(12-13-29-26)19-6-3-2-4-7-19/h5,8-17,19H,2-4,6-7H2,1H3/i19D. The summed E-state index contributed by atoms with van der Waals surface area (Å²) >= 11 is 1.86. The van der Waals surface area contributed by atoms with E-state index in [0.29, 0.717) is 0 Å². The molecule has 30 heavy (non-hydrogen) atoms. The van der Waals surface area contributed by atoms with Crippen LogP contribution in [0.5, 0.6) is 0 Å². The molecule has 2 heterocycles. The summed E-state index contributed by atoms with van der Waals surface area (Å²) in [5.41, 5.74) is 4.59. The molecule has 0 atom stereocenters. The summed E-state index contributed by atoms with van der Waals surface area (Å²) in [6.07, 6.45) is 7.37. The summed E-state index contributed by atoms with van der Waals surface area (Å²) in [6.45, 7) is 2.15. The molecule has 148 valence electrons. The van der Waals surface area contributed by atoms with Gasteiger partial charge < -0.3 is 0 Å². The number of fused-ring (bicyclic) bond motifs is 4. The molecule has 1 aliphatic carbocycles. The predicted octanol–water partition coefficient (Wildman–Crippen LogP) is 8.63. The largest absolute Gasteiger partial charge is 0.256 e. The van der Waals surface area contributed by atoms with Gasteiger partial charge in [-0.05, 0) is 66.3 Å². The fraction of sp³-hybridized carbons (Fsp3) is 0.250. The van der Waals surface area contributed by atoms with Crippen molar-refractivity contribution < 1.29 is 1.37 Å². The van der Waals surface area contributed by atoms with Gasteiger partial charge in [0, 0.05) is 33.3 Å². The molecule has 1 fully saturated rings. The average molecular weight is 409 g/mol. The Kier molecular flexibility index (Phi) is 4.09. The zero-order chi connectivity index (χ0) is 21.0. The minimum Gasteiger partial charge on any atom is -0.256 e. The number of pyridine rings is 1. The van der Waals surface area contributed by atoms with Gasteiger partial charge in [0.2, 0.25) is 0 Å². The first-order valence-corrected chi connectivity index (χ1v) is 11.7. The van der Waals surface area contributed by atoms with Gasteiger partial charge in [0.05, 0.1) is 5.69 Å². The van der Waals surface area contributed by atoms with Crippen molar-refractivity contribution in [3.63, 3.8) is 0 Å². The third-order valence-corrected chi connectivity index (χ3v) is 7.71. The van der Waals surface area contributed by atoms with Crippen molar-refractivity contribution in [2.75, 3.05) is 0 Å². The number of benzene rings is 3. The van der Waals surface area contributed by atoms with Gasteiger partial charge in [0.1, 0.15) is 0 Å². The number of aromatic nitrogens is 1. The van der Waals surface area contributed by atoms with Gasteiger partial charge >= 0.3 is 0 Å². The predicted molar refractivity (Wildman–Crippen MR) is 131 cm³/mol. The van der Waals surface area contributed by atoms with Crippen LogP contribution in [0.25, 0.3) is 42.2 Å². The maximum absolute atomic E-state index is 9.05. The first-order chi connectivity index (χ1) is 15.1. The van der Waals surface area contributed by atoms with Crippen molar-refractivity contribution >= 4 is 42.3 Å². The van der Waals surface area contributed by atoms with E-state index in [9.17, 15) is 0 Å². The molecular formula is C28H25NS. The molecule has 1 nitrogen and oxygen atoms in total. The molecule has 1 saturated carbocycles. The Bertz CT molecular complexity index is 1440. The highest BCUT2D eigenvalue weighted by atomic mass is 32.1. The van der Waals surface area contributed by atoms with Gasteiger partial charge in [0.15, 0.2) is 0 Å². The molecule has 1 aliphatic rings. The molecule has 0 saturated heterocycles. The van der Waals surface area contributed by atoms with Crippen LogP contribution in [-0.2, 0) is 0 Å². The van der Waals surface area contributed by atoms with Crippen LogP contribution >= 0.6 is 11.3 Å². The van der Waals surface area contributed by atoms with Gasteiger partial charge in [-0.2, -0.15) is 0 Å². The molecule has 0 radical (unpaired) electrons. The molecule has 5 aromatic rings. The average Bonchev–Trinajstić information content (AvgIpc) is 3.16. The van der Waals surface area contributed by atoms with Gasteiger partial charge in [-0.3, -0.25) is 4.98 Å². The van der Waals surface area contributed by atoms with Crippen molar-refractivity contribution in [2.24, 2.45) is 0 Å². The van der Waals surface area contributed by atoms with Crippen LogP contribution < -0.4 is 0 Å². The Morgan fingerprint density at radius 1 is 0.900 bits per heavy atom. The number of aryl methyl sites for hydroxylation is 1. The molecule has 0 N–H and O–H groups in total. The van der Waals surface area contributed by atoms with Crippen LogP contribution in [0, 0.1) is 6.92 Å². The van der Waals surface area contributed by atoms with Gasteiger partial charge in [-0.25, -0.2) is 0 Å². The minimum absolute atomic E-state index is 0.459. The van der Waals surface area contributed by atoms with Crippen molar-refractivity contribution in [2.45, 2.75) is 44.9 Å². The van der Waals surface area contributed by atoms with Gasteiger partial charge in [0.25, 0.3) is 0 Å². The normalized spacial score (nSPS) is 16.9. The molecule has 2 aromatic heterocycles. The second-order valence-electron chi connectivity index (χ2n) is 8.58. The summed E-state index contributed by atoms with van der Waals surface area (Å²) in [6, 6.07) is 22.1. The molecule has 2 heteroatoms. The number of rotatable bonds is 2. The van der Waals surface area contributed by atoms with E-state index in [1.165, 1.54) is 48.5 Å². The van der Waals surface area contributed by atoms with E-state index in [1.807, 2.05) is 17.5 Å². The highest BCUT2D eigenvalue weighted by Gasteiger charge is 2.17. The maximum Gasteiger partial charge on any atom is 0.0719 e. The topological polar surface area (TPSA) is 12.9 Å². The van der Waals surface area contributed by atoms with E-state index >= 15 is 0 Å². The summed E-state index contributed by atoms with van der Waals surface area (Å²) in [7, 11) is 0. The van der Waals surface area contributed by atoms with Crippen LogP contribution in [0.4, 0.5) is 0 Å². The lowest BCUT2D eigenvalue weighted by atomic mass is 9.84. The number of hydrogen-bond acceptors (Lipinski definition) is 2. The first-order valence-electron chi connectivity index (χ1n) is 11.4.